The van der Waals surface area contributed by atoms with Crippen molar-refractivity contribution >= 4 is 29.6 Å². The van der Waals surface area contributed by atoms with Gasteiger partial charge in [-0.1, -0.05) is 0 Å². The number of amidine groups is 1. The first-order valence-corrected chi connectivity index (χ1v) is 7.55. The minimum Gasteiger partial charge on any atom is -0.479 e. The first-order valence-electron chi connectivity index (χ1n) is 7.55. The number of carbonyl (C=O) groups is 4. The van der Waals surface area contributed by atoms with E-state index in [1.165, 1.54) is 11.8 Å². The van der Waals surface area contributed by atoms with E-state index in [4.69, 9.17) is 10.5 Å². The van der Waals surface area contributed by atoms with Crippen molar-refractivity contribution in [2.75, 3.05) is 6.54 Å². The monoisotopic (exact) mass is 341 g/mol. The lowest BCUT2D eigenvalue weighted by molar-refractivity contribution is -0.169. The summed E-state index contributed by atoms with van der Waals surface area (Å²) in [6, 6.07) is 0. The Labute approximate surface area is 139 Å². The maximum absolute atomic E-state index is 12.1. The lowest BCUT2D eigenvalue weighted by Crippen LogP contribution is -2.57. The molecule has 0 aliphatic carbocycles. The van der Waals surface area contributed by atoms with Gasteiger partial charge < -0.3 is 15.6 Å². The number of esters is 1. The predicted octanol–water partition coefficient (Wildman–Crippen LogP) is 0.0677. The summed E-state index contributed by atoms with van der Waals surface area (Å²) >= 11 is 0. The molecule has 0 aromatic rings. The molecule has 0 aromatic heterocycles. The number of hydrogen-bond acceptors (Lipinski definition) is 6. The van der Waals surface area contributed by atoms with E-state index in [0.29, 0.717) is 12.3 Å². The number of hydrogen-bond donors (Lipinski definition) is 2. The first kappa shape index (κ1) is 19.8. The highest BCUT2D eigenvalue weighted by molar-refractivity contribution is 6.43. The molecule has 0 fully saturated rings. The average Bonchev–Trinajstić information content (AvgIpc) is 2.66. The highest BCUT2D eigenvalue weighted by Crippen LogP contribution is 2.19. The van der Waals surface area contributed by atoms with Crippen LogP contribution in [0.25, 0.3) is 0 Å². The maximum Gasteiger partial charge on any atom is 0.338 e. The molecular weight excluding hydrogens is 318 g/mol. The van der Waals surface area contributed by atoms with E-state index in [0.717, 1.165) is 0 Å². The van der Waals surface area contributed by atoms with E-state index in [-0.39, 0.29) is 19.4 Å². The van der Waals surface area contributed by atoms with Crippen LogP contribution in [0, 0.1) is 0 Å². The molecule has 0 radical (unpaired) electrons. The van der Waals surface area contributed by atoms with Crippen molar-refractivity contribution in [2.24, 2.45) is 10.7 Å². The lowest BCUT2D eigenvalue weighted by Gasteiger charge is -2.28. The van der Waals surface area contributed by atoms with Crippen molar-refractivity contribution in [3.8, 4) is 0 Å². The molecule has 0 aromatic carbocycles. The molecule has 1 atom stereocenters. The molecule has 1 heterocycles. The summed E-state index contributed by atoms with van der Waals surface area (Å²) in [4.78, 5) is 50.9. The van der Waals surface area contributed by atoms with Gasteiger partial charge in [0.15, 0.2) is 0 Å². The summed E-state index contributed by atoms with van der Waals surface area (Å²) in [5, 5.41) is 9.28. The smallest absolute Gasteiger partial charge is 0.338 e. The Kier molecular flexibility index (Phi) is 5.83. The molecular formula is C15H23N3O6. The lowest BCUT2D eigenvalue weighted by atomic mass is 9.93. The van der Waals surface area contributed by atoms with Crippen LogP contribution in [0.15, 0.2) is 4.99 Å². The van der Waals surface area contributed by atoms with E-state index in [1.54, 1.807) is 20.8 Å². The molecule has 2 amide bonds. The fraction of sp³-hybridized carbons (Fsp3) is 0.667. The van der Waals surface area contributed by atoms with Gasteiger partial charge in [0, 0.05) is 6.54 Å². The molecule has 0 saturated carbocycles. The SMILES string of the molecule is CC1=NC(=O)C(=O)N1CCCCC(N)(C(=O)O)C(=O)OC(C)(C)C. The minimum atomic E-state index is -2.15. The van der Waals surface area contributed by atoms with E-state index < -0.39 is 34.9 Å². The van der Waals surface area contributed by atoms with Crippen LogP contribution in [0.1, 0.15) is 47.0 Å². The molecule has 1 unspecified atom stereocenters. The summed E-state index contributed by atoms with van der Waals surface area (Å²) < 4.78 is 5.07. The van der Waals surface area contributed by atoms with Crippen molar-refractivity contribution in [2.45, 2.75) is 58.1 Å². The third kappa shape index (κ3) is 4.60. The third-order valence-electron chi connectivity index (χ3n) is 3.43. The summed E-state index contributed by atoms with van der Waals surface area (Å²) in [5.41, 5.74) is 2.72. The van der Waals surface area contributed by atoms with Gasteiger partial charge in [0.1, 0.15) is 11.4 Å². The molecule has 3 N–H and O–H groups in total. The second kappa shape index (κ2) is 7.08. The van der Waals surface area contributed by atoms with Crippen molar-refractivity contribution in [1.82, 2.24) is 4.90 Å². The Morgan fingerprint density at radius 1 is 1.25 bits per heavy atom. The van der Waals surface area contributed by atoms with Gasteiger partial charge in [0.2, 0.25) is 5.54 Å². The van der Waals surface area contributed by atoms with Crippen LogP contribution in [-0.2, 0) is 23.9 Å². The summed E-state index contributed by atoms with van der Waals surface area (Å²) in [5.74, 6) is -3.71. The van der Waals surface area contributed by atoms with Crippen LogP contribution in [0.4, 0.5) is 0 Å². The number of aliphatic imine (C=N–C) groups is 1. The quantitative estimate of drug-likeness (QED) is 0.289. The number of rotatable bonds is 7. The van der Waals surface area contributed by atoms with Crippen molar-refractivity contribution in [1.29, 1.82) is 0 Å². The maximum atomic E-state index is 12.1. The zero-order valence-electron chi connectivity index (χ0n) is 14.3. The van der Waals surface area contributed by atoms with Gasteiger partial charge in [-0.2, -0.15) is 4.99 Å². The van der Waals surface area contributed by atoms with Gasteiger partial charge in [0.25, 0.3) is 0 Å². The van der Waals surface area contributed by atoms with Crippen LogP contribution in [0.3, 0.4) is 0 Å². The Morgan fingerprint density at radius 2 is 1.83 bits per heavy atom. The van der Waals surface area contributed by atoms with Gasteiger partial charge in [-0.05, 0) is 47.0 Å². The van der Waals surface area contributed by atoms with Crippen LogP contribution in [-0.4, -0.2) is 57.3 Å². The largest absolute Gasteiger partial charge is 0.479 e. The fourth-order valence-electron chi connectivity index (χ4n) is 2.12. The predicted molar refractivity (Wildman–Crippen MR) is 84.1 cm³/mol. The number of ether oxygens (including phenoxy) is 1. The molecule has 9 heteroatoms. The second-order valence-electron chi connectivity index (χ2n) is 6.66. The molecule has 1 rings (SSSR count). The highest BCUT2D eigenvalue weighted by Gasteiger charge is 2.45. The first-order chi connectivity index (χ1) is 10.9. The number of carboxylic acid groups (broad SMARTS) is 1. The molecule has 0 bridgehead atoms. The molecule has 9 nitrogen and oxygen atoms in total. The molecule has 0 saturated heterocycles. The molecule has 24 heavy (non-hydrogen) atoms. The Morgan fingerprint density at radius 3 is 2.25 bits per heavy atom. The Bertz CT molecular complexity index is 593. The number of nitrogens with two attached hydrogens (primary N) is 1. The highest BCUT2D eigenvalue weighted by atomic mass is 16.6. The van der Waals surface area contributed by atoms with Gasteiger partial charge in [-0.25, -0.2) is 9.59 Å². The Hall–Kier alpha value is -2.29. The summed E-state index contributed by atoms with van der Waals surface area (Å²) in [6.07, 6.45) is 0.470. The van der Waals surface area contributed by atoms with Gasteiger partial charge >= 0.3 is 23.8 Å². The number of carbonyl (C=O) groups excluding carboxylic acids is 3. The summed E-state index contributed by atoms with van der Waals surface area (Å²) in [6.45, 7) is 6.58. The van der Waals surface area contributed by atoms with Crippen LogP contribution in [0.5, 0.6) is 0 Å². The van der Waals surface area contributed by atoms with E-state index >= 15 is 0 Å². The van der Waals surface area contributed by atoms with Crippen molar-refractivity contribution < 1.29 is 29.0 Å². The summed E-state index contributed by atoms with van der Waals surface area (Å²) in [7, 11) is 0. The standard InChI is InChI=1S/C15H23N3O6/c1-9-17-10(19)11(20)18(9)8-6-5-7-15(16,12(21)22)13(23)24-14(2,3)4/h5-8,16H2,1-4H3,(H,21,22). The minimum absolute atomic E-state index is 0.149. The number of nitrogens with zero attached hydrogens (tertiary/aromatic N) is 2. The van der Waals surface area contributed by atoms with E-state index in [1.807, 2.05) is 0 Å². The third-order valence-corrected chi connectivity index (χ3v) is 3.43. The average molecular weight is 341 g/mol. The second-order valence-corrected chi connectivity index (χ2v) is 6.66. The zero-order chi connectivity index (χ0) is 18.7. The van der Waals surface area contributed by atoms with Crippen molar-refractivity contribution in [3.63, 3.8) is 0 Å². The van der Waals surface area contributed by atoms with Crippen LogP contribution < -0.4 is 5.73 Å². The zero-order valence-corrected chi connectivity index (χ0v) is 14.3. The fourth-order valence-corrected chi connectivity index (χ4v) is 2.12. The van der Waals surface area contributed by atoms with Gasteiger partial charge in [-0.15, -0.1) is 0 Å². The molecule has 134 valence electrons. The van der Waals surface area contributed by atoms with E-state index in [9.17, 15) is 24.3 Å². The van der Waals surface area contributed by atoms with Crippen LogP contribution >= 0.6 is 0 Å². The molecule has 0 spiro atoms. The topological polar surface area (TPSA) is 139 Å². The normalized spacial score (nSPS) is 17.5. The number of unbranched alkanes of at least 4 members (excludes halogenated alkanes) is 1. The Balaban J connectivity index is 2.60. The number of aliphatic carboxylic acids is 1. The number of carboxylic acids is 1. The molecule has 1 aliphatic heterocycles. The van der Waals surface area contributed by atoms with Crippen molar-refractivity contribution in [3.05, 3.63) is 0 Å². The van der Waals surface area contributed by atoms with Crippen LogP contribution in [0.2, 0.25) is 0 Å². The van der Waals surface area contributed by atoms with E-state index in [2.05, 4.69) is 4.99 Å². The molecule has 1 aliphatic rings. The van der Waals surface area contributed by atoms with Gasteiger partial charge in [0.05, 0.1) is 0 Å². The number of amides is 2. The van der Waals surface area contributed by atoms with Gasteiger partial charge in [-0.3, -0.25) is 14.5 Å².